The summed E-state index contributed by atoms with van der Waals surface area (Å²) < 4.78 is 13.1. The maximum atomic E-state index is 13.1. The summed E-state index contributed by atoms with van der Waals surface area (Å²) in [6.45, 7) is 0. The van der Waals surface area contributed by atoms with E-state index in [-0.39, 0.29) is 22.2 Å². The van der Waals surface area contributed by atoms with E-state index in [2.05, 4.69) is 9.97 Å². The van der Waals surface area contributed by atoms with Gasteiger partial charge in [0.05, 0.1) is 5.39 Å². The highest BCUT2D eigenvalue weighted by Crippen LogP contribution is 2.26. The Kier molecular flexibility index (Phi) is 2.96. The average molecular weight is 298 g/mol. The van der Waals surface area contributed by atoms with Crippen molar-refractivity contribution in [3.05, 3.63) is 66.8 Å². The Morgan fingerprint density at radius 2 is 1.64 bits per heavy atom. The highest BCUT2D eigenvalue weighted by Gasteiger charge is 2.17. The fraction of sp³-hybridized carbons (Fsp3) is 0. The lowest BCUT2D eigenvalue weighted by molar-refractivity contribution is 0.628. The monoisotopic (exact) mass is 298 g/mol. The van der Waals surface area contributed by atoms with Crippen LogP contribution in [0.1, 0.15) is 5.56 Å². The molecule has 3 N–H and O–H groups in total. The minimum atomic E-state index is -0.789. The zero-order chi connectivity index (χ0) is 15.9. The largest absolute Gasteiger partial charge is 0.327 e. The molecule has 3 rings (SSSR count). The Labute approximate surface area is 120 Å². The number of aromatic amines is 3. The Morgan fingerprint density at radius 3 is 2.27 bits per heavy atom. The number of H-pyrrole nitrogens is 3. The van der Waals surface area contributed by atoms with Gasteiger partial charge in [-0.1, -0.05) is 12.1 Å². The Balaban J connectivity index is 2.59. The van der Waals surface area contributed by atoms with Crippen LogP contribution in [0.2, 0.25) is 0 Å². The first-order valence-electron chi connectivity index (χ1n) is 6.10. The maximum absolute atomic E-state index is 13.1. The quantitative estimate of drug-likeness (QED) is 0.608. The third-order valence-electron chi connectivity index (χ3n) is 3.15. The lowest BCUT2D eigenvalue weighted by Crippen LogP contribution is -2.26. The van der Waals surface area contributed by atoms with Crippen LogP contribution in [0.25, 0.3) is 22.2 Å². The van der Waals surface area contributed by atoms with Gasteiger partial charge in [-0.3, -0.25) is 19.6 Å². The highest BCUT2D eigenvalue weighted by molar-refractivity contribution is 5.94. The van der Waals surface area contributed by atoms with Crippen LogP contribution in [0.4, 0.5) is 4.39 Å². The first-order valence-corrected chi connectivity index (χ1v) is 6.10. The van der Waals surface area contributed by atoms with E-state index in [9.17, 15) is 24.0 Å². The number of halogens is 1. The summed E-state index contributed by atoms with van der Waals surface area (Å²) >= 11 is 0. The first-order chi connectivity index (χ1) is 10.5. The highest BCUT2D eigenvalue weighted by atomic mass is 19.1. The smallest absolute Gasteiger partial charge is 0.307 e. The van der Waals surface area contributed by atoms with E-state index in [1.165, 1.54) is 12.1 Å². The van der Waals surface area contributed by atoms with Crippen molar-refractivity contribution in [3.8, 4) is 17.2 Å². The fourth-order valence-corrected chi connectivity index (χ4v) is 2.25. The lowest BCUT2D eigenvalue weighted by atomic mass is 9.98. The van der Waals surface area contributed by atoms with Crippen LogP contribution in [0.3, 0.4) is 0 Å². The summed E-state index contributed by atoms with van der Waals surface area (Å²) in [5.74, 6) is -0.501. The van der Waals surface area contributed by atoms with E-state index >= 15 is 0 Å². The van der Waals surface area contributed by atoms with E-state index < -0.39 is 22.6 Å². The van der Waals surface area contributed by atoms with Gasteiger partial charge in [-0.05, 0) is 17.7 Å². The van der Waals surface area contributed by atoms with Crippen molar-refractivity contribution >= 4 is 11.0 Å². The molecule has 0 radical (unpaired) electrons. The molecular formula is C14H7FN4O3. The number of rotatable bonds is 1. The first kappa shape index (κ1) is 13.5. The molecule has 108 valence electrons. The van der Waals surface area contributed by atoms with Crippen LogP contribution < -0.4 is 16.8 Å². The van der Waals surface area contributed by atoms with E-state index in [1.807, 2.05) is 4.98 Å². The molecule has 2 heterocycles. The minimum absolute atomic E-state index is 0.0405. The van der Waals surface area contributed by atoms with Crippen molar-refractivity contribution in [1.29, 1.82) is 5.26 Å². The molecule has 22 heavy (non-hydrogen) atoms. The number of benzene rings is 1. The van der Waals surface area contributed by atoms with Crippen LogP contribution in [0, 0.1) is 17.1 Å². The number of pyridine rings is 1. The molecule has 0 atom stereocenters. The van der Waals surface area contributed by atoms with E-state index in [0.29, 0.717) is 5.56 Å². The summed E-state index contributed by atoms with van der Waals surface area (Å²) in [5.41, 5.74) is -2.34. The second-order valence-corrected chi connectivity index (χ2v) is 4.48. The number of aromatic nitrogens is 3. The Morgan fingerprint density at radius 1 is 0.955 bits per heavy atom. The van der Waals surface area contributed by atoms with Crippen molar-refractivity contribution in [2.75, 3.05) is 0 Å². The van der Waals surface area contributed by atoms with Crippen LogP contribution in [-0.2, 0) is 0 Å². The third-order valence-corrected chi connectivity index (χ3v) is 3.15. The van der Waals surface area contributed by atoms with Gasteiger partial charge in [0, 0.05) is 5.56 Å². The molecule has 0 saturated heterocycles. The molecular weight excluding hydrogens is 291 g/mol. The van der Waals surface area contributed by atoms with Gasteiger partial charge < -0.3 is 4.98 Å². The fourth-order valence-electron chi connectivity index (χ4n) is 2.25. The normalized spacial score (nSPS) is 10.5. The second kappa shape index (κ2) is 4.82. The number of hydrogen-bond acceptors (Lipinski definition) is 4. The van der Waals surface area contributed by atoms with Gasteiger partial charge >= 0.3 is 5.69 Å². The molecule has 0 spiro atoms. The van der Waals surface area contributed by atoms with E-state index in [0.717, 1.165) is 12.1 Å². The van der Waals surface area contributed by atoms with E-state index in [4.69, 9.17) is 0 Å². The average Bonchev–Trinajstić information content (AvgIpc) is 2.46. The van der Waals surface area contributed by atoms with Gasteiger partial charge in [0.15, 0.2) is 0 Å². The molecule has 7 nitrogen and oxygen atoms in total. The summed E-state index contributed by atoms with van der Waals surface area (Å²) in [7, 11) is 0. The molecule has 0 aliphatic heterocycles. The molecule has 3 aromatic rings. The predicted octanol–water partition coefficient (Wildman–Crippen LogP) is 0.582. The summed E-state index contributed by atoms with van der Waals surface area (Å²) in [5, 5.41) is 9.14. The zero-order valence-electron chi connectivity index (χ0n) is 10.9. The zero-order valence-corrected chi connectivity index (χ0v) is 10.9. The maximum Gasteiger partial charge on any atom is 0.327 e. The number of nitrogens with one attached hydrogen (secondary N) is 3. The summed E-state index contributed by atoms with van der Waals surface area (Å²) in [4.78, 5) is 41.9. The third kappa shape index (κ3) is 2.01. The molecule has 0 fully saturated rings. The minimum Gasteiger partial charge on any atom is -0.307 e. The molecule has 0 bridgehead atoms. The summed E-state index contributed by atoms with van der Waals surface area (Å²) in [6.07, 6.45) is 0. The van der Waals surface area contributed by atoms with Gasteiger partial charge in [0.2, 0.25) is 0 Å². The molecule has 0 saturated carbocycles. The number of nitriles is 1. The second-order valence-electron chi connectivity index (χ2n) is 4.48. The topological polar surface area (TPSA) is 122 Å². The van der Waals surface area contributed by atoms with Crippen molar-refractivity contribution in [1.82, 2.24) is 15.0 Å². The molecule has 8 heteroatoms. The van der Waals surface area contributed by atoms with Crippen molar-refractivity contribution < 1.29 is 4.39 Å². The number of hydrogen-bond donors (Lipinski definition) is 3. The van der Waals surface area contributed by atoms with Crippen molar-refractivity contribution in [3.63, 3.8) is 0 Å². The molecule has 0 aliphatic carbocycles. The standard InChI is InChI=1S/C14H7FN4O3/c15-7-3-1-6(2-4-7)9-8(5-16)12(20)17-11-10(9)13(21)19-14(22)18-11/h1-4H,(H3,17,18,19,20,21,22). The summed E-state index contributed by atoms with van der Waals surface area (Å²) in [6, 6.07) is 6.70. The predicted molar refractivity (Wildman–Crippen MR) is 75.9 cm³/mol. The number of fused-ring (bicyclic) bond motifs is 1. The van der Waals surface area contributed by atoms with Crippen LogP contribution in [-0.4, -0.2) is 15.0 Å². The number of nitrogens with zero attached hydrogens (tertiary/aromatic N) is 1. The van der Waals surface area contributed by atoms with Gasteiger partial charge in [0.25, 0.3) is 11.1 Å². The molecule has 1 aromatic carbocycles. The lowest BCUT2D eigenvalue weighted by Gasteiger charge is -2.07. The van der Waals surface area contributed by atoms with Crippen LogP contribution >= 0.6 is 0 Å². The SMILES string of the molecule is N#Cc1c(-c2ccc(F)cc2)c2c(=O)[nH]c(=O)[nH]c2[nH]c1=O. The van der Waals surface area contributed by atoms with Crippen LogP contribution in [0.15, 0.2) is 38.6 Å². The van der Waals surface area contributed by atoms with Gasteiger partial charge in [-0.25, -0.2) is 9.18 Å². The van der Waals surface area contributed by atoms with Crippen LogP contribution in [0.5, 0.6) is 0 Å². The van der Waals surface area contributed by atoms with Crippen molar-refractivity contribution in [2.45, 2.75) is 0 Å². The molecule has 0 amide bonds. The Hall–Kier alpha value is -3.47. The molecule has 2 aromatic heterocycles. The molecule has 0 aliphatic rings. The molecule has 0 unspecified atom stereocenters. The Bertz CT molecular complexity index is 1100. The van der Waals surface area contributed by atoms with Gasteiger partial charge in [0.1, 0.15) is 23.1 Å². The van der Waals surface area contributed by atoms with Gasteiger partial charge in [-0.2, -0.15) is 5.26 Å². The van der Waals surface area contributed by atoms with E-state index in [1.54, 1.807) is 6.07 Å². The van der Waals surface area contributed by atoms with Crippen molar-refractivity contribution in [2.24, 2.45) is 0 Å². The van der Waals surface area contributed by atoms with Gasteiger partial charge in [-0.15, -0.1) is 0 Å².